The lowest BCUT2D eigenvalue weighted by molar-refractivity contribution is -0.116. The van der Waals surface area contributed by atoms with Crippen molar-refractivity contribution >= 4 is 34.7 Å². The number of thiazole rings is 1. The molecule has 0 saturated heterocycles. The molecule has 3 heterocycles. The van der Waals surface area contributed by atoms with Crippen molar-refractivity contribution in [3.8, 4) is 5.75 Å². The smallest absolute Gasteiger partial charge is 0.308 e. The Kier molecular flexibility index (Phi) is 4.72. The van der Waals surface area contributed by atoms with Crippen molar-refractivity contribution in [2.24, 2.45) is 5.92 Å². The van der Waals surface area contributed by atoms with Crippen LogP contribution in [0.3, 0.4) is 0 Å². The molecule has 29 heavy (non-hydrogen) atoms. The molecular formula is C22H20N2O3S2. The van der Waals surface area contributed by atoms with E-state index in [1.165, 1.54) is 11.3 Å². The van der Waals surface area contributed by atoms with Gasteiger partial charge in [-0.05, 0) is 24.6 Å². The summed E-state index contributed by atoms with van der Waals surface area (Å²) >= 11 is 2.93. The molecule has 2 aliphatic heterocycles. The molecule has 5 nitrogen and oxygen atoms in total. The zero-order valence-electron chi connectivity index (χ0n) is 15.9. The van der Waals surface area contributed by atoms with Gasteiger partial charge < -0.3 is 10.1 Å². The first kappa shape index (κ1) is 18.5. The number of aromatic nitrogens is 1. The van der Waals surface area contributed by atoms with Gasteiger partial charge in [-0.1, -0.05) is 47.7 Å². The summed E-state index contributed by atoms with van der Waals surface area (Å²) in [5, 5.41) is 3.86. The minimum absolute atomic E-state index is 0.0293. The van der Waals surface area contributed by atoms with Crippen LogP contribution in [0, 0.1) is 12.8 Å². The Morgan fingerprint density at radius 1 is 1.21 bits per heavy atom. The van der Waals surface area contributed by atoms with Gasteiger partial charge in [0, 0.05) is 33.7 Å². The number of thioether (sulfide) groups is 1. The molecule has 7 heteroatoms. The fraction of sp³-hybridized carbons (Fsp3) is 0.273. The SMILES string of the molecule is Cc1ccccc1NC(=O)Cn1c2c(sc1=O)[C@@H]1c3ccccc3OC[C@H]1CS2. The fourth-order valence-electron chi connectivity index (χ4n) is 4.04. The average Bonchev–Trinajstić information content (AvgIpc) is 3.04. The van der Waals surface area contributed by atoms with E-state index in [0.29, 0.717) is 12.5 Å². The second kappa shape index (κ2) is 7.39. The van der Waals surface area contributed by atoms with Crippen molar-refractivity contribution < 1.29 is 9.53 Å². The van der Waals surface area contributed by atoms with Gasteiger partial charge in [-0.3, -0.25) is 14.2 Å². The molecule has 0 spiro atoms. The number of para-hydroxylation sites is 2. The van der Waals surface area contributed by atoms with Gasteiger partial charge in [-0.15, -0.1) is 11.8 Å². The van der Waals surface area contributed by atoms with E-state index in [1.54, 1.807) is 16.3 Å². The van der Waals surface area contributed by atoms with Crippen LogP contribution in [0.4, 0.5) is 5.69 Å². The zero-order valence-corrected chi connectivity index (χ0v) is 17.5. The Morgan fingerprint density at radius 3 is 2.86 bits per heavy atom. The Bertz CT molecular complexity index is 1150. The lowest BCUT2D eigenvalue weighted by atomic mass is 9.84. The normalized spacial score (nSPS) is 19.5. The van der Waals surface area contributed by atoms with Gasteiger partial charge in [0.25, 0.3) is 0 Å². The number of nitrogens with zero attached hydrogens (tertiary/aromatic N) is 1. The van der Waals surface area contributed by atoms with Crippen molar-refractivity contribution in [2.45, 2.75) is 24.4 Å². The molecule has 1 amide bonds. The molecule has 2 aromatic carbocycles. The number of rotatable bonds is 3. The molecule has 0 bridgehead atoms. The van der Waals surface area contributed by atoms with Crippen LogP contribution in [0.2, 0.25) is 0 Å². The van der Waals surface area contributed by atoms with Gasteiger partial charge in [-0.2, -0.15) is 0 Å². The number of anilines is 1. The molecule has 0 radical (unpaired) electrons. The number of hydrogen-bond acceptors (Lipinski definition) is 5. The quantitative estimate of drug-likeness (QED) is 0.688. The summed E-state index contributed by atoms with van der Waals surface area (Å²) < 4.78 is 7.56. The minimum atomic E-state index is -0.183. The lowest BCUT2D eigenvalue weighted by Gasteiger charge is -2.36. The zero-order chi connectivity index (χ0) is 20.0. The van der Waals surface area contributed by atoms with Gasteiger partial charge >= 0.3 is 4.87 Å². The number of aryl methyl sites for hydroxylation is 1. The third kappa shape index (κ3) is 3.28. The number of carbonyl (C=O) groups excluding carboxylic acids is 1. The summed E-state index contributed by atoms with van der Waals surface area (Å²) in [6.07, 6.45) is 0. The van der Waals surface area contributed by atoms with Gasteiger partial charge in [0.1, 0.15) is 12.3 Å². The van der Waals surface area contributed by atoms with Crippen molar-refractivity contribution in [2.75, 3.05) is 17.7 Å². The maximum atomic E-state index is 12.8. The number of fused-ring (bicyclic) bond motifs is 5. The van der Waals surface area contributed by atoms with E-state index in [9.17, 15) is 9.59 Å². The monoisotopic (exact) mass is 424 g/mol. The molecule has 2 atom stereocenters. The van der Waals surface area contributed by atoms with Crippen molar-refractivity contribution in [3.63, 3.8) is 0 Å². The van der Waals surface area contributed by atoms with Gasteiger partial charge in [0.05, 0.1) is 11.6 Å². The van der Waals surface area contributed by atoms with Crippen molar-refractivity contribution in [3.05, 3.63) is 74.2 Å². The summed E-state index contributed by atoms with van der Waals surface area (Å²) in [7, 11) is 0. The number of carbonyl (C=O) groups is 1. The molecule has 1 aromatic heterocycles. The molecule has 0 fully saturated rings. The summed E-state index contributed by atoms with van der Waals surface area (Å²) in [6.45, 7) is 2.64. The number of nitrogens with one attached hydrogen (secondary N) is 1. The maximum Gasteiger partial charge on any atom is 0.308 e. The van der Waals surface area contributed by atoms with E-state index in [1.807, 2.05) is 49.4 Å². The lowest BCUT2D eigenvalue weighted by Crippen LogP contribution is -2.31. The first-order chi connectivity index (χ1) is 14.1. The second-order valence-electron chi connectivity index (χ2n) is 7.38. The molecule has 0 unspecified atom stereocenters. The van der Waals surface area contributed by atoms with Crippen LogP contribution < -0.4 is 14.9 Å². The molecule has 5 rings (SSSR count). The van der Waals surface area contributed by atoms with Crippen LogP contribution >= 0.6 is 23.1 Å². The second-order valence-corrected chi connectivity index (χ2v) is 9.39. The molecular weight excluding hydrogens is 404 g/mol. The fourth-order valence-corrected chi connectivity index (χ4v) is 6.73. The minimum Gasteiger partial charge on any atom is -0.493 e. The van der Waals surface area contributed by atoms with Gasteiger partial charge in [0.2, 0.25) is 5.91 Å². The topological polar surface area (TPSA) is 60.3 Å². The van der Waals surface area contributed by atoms with E-state index >= 15 is 0 Å². The molecule has 0 aliphatic carbocycles. The molecule has 148 valence electrons. The van der Waals surface area contributed by atoms with E-state index < -0.39 is 0 Å². The number of ether oxygens (including phenoxy) is 1. The number of hydrogen-bond donors (Lipinski definition) is 1. The predicted octanol–water partition coefficient (Wildman–Crippen LogP) is 4.10. The van der Waals surface area contributed by atoms with Crippen molar-refractivity contribution in [1.82, 2.24) is 4.57 Å². The van der Waals surface area contributed by atoms with E-state index in [0.717, 1.165) is 38.2 Å². The Labute approximate surface area is 176 Å². The first-order valence-electron chi connectivity index (χ1n) is 9.55. The van der Waals surface area contributed by atoms with Crippen LogP contribution in [0.5, 0.6) is 5.75 Å². The Balaban J connectivity index is 1.46. The molecule has 0 saturated carbocycles. The summed E-state index contributed by atoms with van der Waals surface area (Å²) in [6, 6.07) is 15.7. The van der Waals surface area contributed by atoms with Crippen molar-refractivity contribution in [1.29, 1.82) is 0 Å². The Morgan fingerprint density at radius 2 is 2.00 bits per heavy atom. The number of benzene rings is 2. The molecule has 3 aromatic rings. The summed E-state index contributed by atoms with van der Waals surface area (Å²) in [5.74, 6) is 2.10. The summed E-state index contributed by atoms with van der Waals surface area (Å²) in [4.78, 5) is 26.4. The van der Waals surface area contributed by atoms with E-state index in [-0.39, 0.29) is 23.2 Å². The third-order valence-corrected chi connectivity index (χ3v) is 7.99. The predicted molar refractivity (Wildman–Crippen MR) is 116 cm³/mol. The first-order valence-corrected chi connectivity index (χ1v) is 11.4. The highest BCUT2D eigenvalue weighted by molar-refractivity contribution is 7.99. The summed E-state index contributed by atoms with van der Waals surface area (Å²) in [5.41, 5.74) is 2.92. The highest BCUT2D eigenvalue weighted by Crippen LogP contribution is 2.50. The van der Waals surface area contributed by atoms with E-state index in [4.69, 9.17) is 4.74 Å². The average molecular weight is 425 g/mol. The van der Waals surface area contributed by atoms with Gasteiger partial charge in [0.15, 0.2) is 0 Å². The van der Waals surface area contributed by atoms with Gasteiger partial charge in [-0.25, -0.2) is 0 Å². The van der Waals surface area contributed by atoms with Crippen LogP contribution in [0.15, 0.2) is 58.4 Å². The largest absolute Gasteiger partial charge is 0.493 e. The van der Waals surface area contributed by atoms with Crippen LogP contribution in [-0.4, -0.2) is 22.8 Å². The van der Waals surface area contributed by atoms with Crippen LogP contribution in [0.1, 0.15) is 21.9 Å². The van der Waals surface area contributed by atoms with E-state index in [2.05, 4.69) is 11.4 Å². The molecule has 2 aliphatic rings. The maximum absolute atomic E-state index is 12.8. The highest BCUT2D eigenvalue weighted by Gasteiger charge is 2.39. The Hall–Kier alpha value is -2.51. The number of amides is 1. The molecule has 1 N–H and O–H groups in total. The standard InChI is InChI=1S/C22H20N2O3S2/c1-13-6-2-4-8-16(13)23-18(25)10-24-21-20(29-22(24)26)19-14(12-28-21)11-27-17-9-5-3-7-15(17)19/h2-9,14,19H,10-12H2,1H3,(H,23,25)/t14-,19-/m0/s1. The third-order valence-electron chi connectivity index (χ3n) is 5.49. The van der Waals surface area contributed by atoms with Crippen LogP contribution in [0.25, 0.3) is 0 Å². The van der Waals surface area contributed by atoms with Crippen LogP contribution in [-0.2, 0) is 11.3 Å². The highest BCUT2D eigenvalue weighted by atomic mass is 32.2.